The topological polar surface area (TPSA) is 31.5 Å². The van der Waals surface area contributed by atoms with Crippen molar-refractivity contribution in [1.29, 1.82) is 0 Å². The average molecular weight is 289 g/mol. The molecule has 0 aromatic rings. The summed E-state index contributed by atoms with van der Waals surface area (Å²) in [6.07, 6.45) is 0. The Labute approximate surface area is 104 Å². The van der Waals surface area contributed by atoms with Crippen LogP contribution in [0.2, 0.25) is 0 Å². The standard InChI is InChI=1S/4ClH.Na.H2O.Pd/h4*1H;;1H2;/q;;;;+1;;+2/p-4. The largest absolute Gasteiger partial charge is 2.00 e. The van der Waals surface area contributed by atoms with Gasteiger partial charge in [0.25, 0.3) is 0 Å². The van der Waals surface area contributed by atoms with Crippen LogP contribution in [-0.4, -0.2) is 5.48 Å². The molecule has 0 fully saturated rings. The summed E-state index contributed by atoms with van der Waals surface area (Å²) in [5.41, 5.74) is 0. The summed E-state index contributed by atoms with van der Waals surface area (Å²) in [7, 11) is 0. The summed E-state index contributed by atoms with van der Waals surface area (Å²) in [5.74, 6) is 0. The summed E-state index contributed by atoms with van der Waals surface area (Å²) >= 11 is 0. The minimum Gasteiger partial charge on any atom is -1.00 e. The number of halogens is 4. The van der Waals surface area contributed by atoms with Gasteiger partial charge in [-0.15, -0.1) is 0 Å². The van der Waals surface area contributed by atoms with Crippen molar-refractivity contribution in [1.82, 2.24) is 0 Å². The van der Waals surface area contributed by atoms with Crippen LogP contribution in [0.25, 0.3) is 0 Å². The summed E-state index contributed by atoms with van der Waals surface area (Å²) < 4.78 is 0. The van der Waals surface area contributed by atoms with Gasteiger partial charge in [-0.3, -0.25) is 0 Å². The fraction of sp³-hybridized carbons (Fsp3) is 0. The third-order valence-corrected chi connectivity index (χ3v) is 0. The van der Waals surface area contributed by atoms with E-state index in [0.29, 0.717) is 0 Å². The van der Waals surface area contributed by atoms with Crippen molar-refractivity contribution < 1.29 is 105 Å². The molecular formula is H2Cl4NaOPd-. The monoisotopic (exact) mass is 287 g/mol. The fourth-order valence-corrected chi connectivity index (χ4v) is 0. The van der Waals surface area contributed by atoms with Crippen molar-refractivity contribution in [2.45, 2.75) is 0 Å². The van der Waals surface area contributed by atoms with Crippen molar-refractivity contribution in [3.8, 4) is 0 Å². The number of hydrogen-bond acceptors (Lipinski definition) is 0. The van der Waals surface area contributed by atoms with Gasteiger partial charge >= 0.3 is 50.0 Å². The van der Waals surface area contributed by atoms with E-state index in [1.165, 1.54) is 0 Å². The Bertz CT molecular complexity index is 11.7. The molecule has 7 heavy (non-hydrogen) atoms. The zero-order valence-electron chi connectivity index (χ0n) is 3.33. The molecule has 0 rings (SSSR count). The maximum Gasteiger partial charge on any atom is 2.00 e. The van der Waals surface area contributed by atoms with Crippen molar-refractivity contribution in [3.05, 3.63) is 0 Å². The first-order valence-electron chi connectivity index (χ1n) is 0. The van der Waals surface area contributed by atoms with Crippen LogP contribution in [0.15, 0.2) is 0 Å². The van der Waals surface area contributed by atoms with Crippen molar-refractivity contribution >= 4 is 0 Å². The van der Waals surface area contributed by atoms with Crippen LogP contribution in [0, 0.1) is 0 Å². The Hall–Kier alpha value is 2.78. The van der Waals surface area contributed by atoms with Gasteiger partial charge in [0.05, 0.1) is 0 Å². The van der Waals surface area contributed by atoms with E-state index in [1.54, 1.807) is 0 Å². The van der Waals surface area contributed by atoms with E-state index >= 15 is 0 Å². The van der Waals surface area contributed by atoms with E-state index in [1.807, 2.05) is 0 Å². The molecule has 0 atom stereocenters. The molecule has 2 N–H and O–H groups in total. The molecule has 0 spiro atoms. The van der Waals surface area contributed by atoms with Crippen LogP contribution in [0.1, 0.15) is 0 Å². The van der Waals surface area contributed by atoms with Crippen molar-refractivity contribution in [2.75, 3.05) is 0 Å². The van der Waals surface area contributed by atoms with Gasteiger partial charge in [-0.1, -0.05) is 0 Å². The Kier molecular flexibility index (Phi) is 957. The van der Waals surface area contributed by atoms with E-state index in [4.69, 9.17) is 0 Å². The molecule has 0 radical (unpaired) electrons. The molecule has 7 heteroatoms. The van der Waals surface area contributed by atoms with E-state index in [-0.39, 0.29) is 105 Å². The first-order valence-corrected chi connectivity index (χ1v) is 0. The third-order valence-electron chi connectivity index (χ3n) is 0. The number of rotatable bonds is 0. The van der Waals surface area contributed by atoms with Gasteiger partial charge in [0, 0.05) is 0 Å². The van der Waals surface area contributed by atoms with Crippen molar-refractivity contribution in [3.63, 3.8) is 0 Å². The molecule has 0 aliphatic rings. The third kappa shape index (κ3) is 52.2. The summed E-state index contributed by atoms with van der Waals surface area (Å²) in [5, 5.41) is 0. The minimum atomic E-state index is 0. The molecule has 0 aromatic carbocycles. The summed E-state index contributed by atoms with van der Waals surface area (Å²) in [6, 6.07) is 0. The molecule has 0 unspecified atom stereocenters. The quantitative estimate of drug-likeness (QED) is 0.397. The Morgan fingerprint density at radius 2 is 0.571 bits per heavy atom. The normalized spacial score (nSPS) is 0. The molecule has 0 saturated carbocycles. The average Bonchev–Trinajstić information content (AvgIpc) is 0. The Balaban J connectivity index is 0. The molecule has 1 nitrogen and oxygen atoms in total. The zero-order valence-corrected chi connectivity index (χ0v) is 9.91. The Morgan fingerprint density at radius 1 is 0.571 bits per heavy atom. The minimum absolute atomic E-state index is 0. The zero-order chi connectivity index (χ0) is 0. The molecule has 0 aromatic heterocycles. The van der Waals surface area contributed by atoms with Gasteiger partial charge in [-0.25, -0.2) is 0 Å². The van der Waals surface area contributed by atoms with E-state index < -0.39 is 0 Å². The maximum atomic E-state index is 0. The van der Waals surface area contributed by atoms with E-state index in [9.17, 15) is 0 Å². The van der Waals surface area contributed by atoms with Crippen molar-refractivity contribution in [2.24, 2.45) is 0 Å². The summed E-state index contributed by atoms with van der Waals surface area (Å²) in [6.45, 7) is 0. The second-order valence-electron chi connectivity index (χ2n) is 0. The van der Waals surface area contributed by atoms with Gasteiger partial charge in [0.15, 0.2) is 0 Å². The van der Waals surface area contributed by atoms with Gasteiger partial charge in [0.1, 0.15) is 0 Å². The molecule has 0 aliphatic carbocycles. The van der Waals surface area contributed by atoms with Crippen LogP contribution in [0.4, 0.5) is 0 Å². The molecule has 0 saturated heterocycles. The van der Waals surface area contributed by atoms with Crippen LogP contribution in [0.3, 0.4) is 0 Å². The first kappa shape index (κ1) is 97.5. The van der Waals surface area contributed by atoms with Gasteiger partial charge in [0.2, 0.25) is 0 Å². The predicted octanol–water partition coefficient (Wildman–Crippen LogP) is -15.8. The van der Waals surface area contributed by atoms with Gasteiger partial charge in [-0.05, 0) is 0 Å². The van der Waals surface area contributed by atoms with E-state index in [2.05, 4.69) is 0 Å². The molecule has 0 heterocycles. The van der Waals surface area contributed by atoms with Crippen LogP contribution < -0.4 is 79.2 Å². The fourth-order valence-electron chi connectivity index (χ4n) is 0. The first-order chi connectivity index (χ1) is 0. The molecule has 0 aliphatic heterocycles. The predicted molar refractivity (Wildman–Crippen MR) is 3.61 cm³/mol. The maximum absolute atomic E-state index is 0. The molecule has 0 bridgehead atoms. The van der Waals surface area contributed by atoms with Crippen LogP contribution in [0.5, 0.6) is 0 Å². The summed E-state index contributed by atoms with van der Waals surface area (Å²) in [4.78, 5) is 0. The van der Waals surface area contributed by atoms with Crippen LogP contribution >= 0.6 is 0 Å². The smallest absolute Gasteiger partial charge is 1.00 e. The SMILES string of the molecule is O.[Cl-].[Cl-].[Cl-].[Cl-].[Na+].[Pd+2]. The van der Waals surface area contributed by atoms with Gasteiger partial charge in [-0.2, -0.15) is 0 Å². The molecular weight excluding hydrogens is 287 g/mol. The molecule has 48 valence electrons. The van der Waals surface area contributed by atoms with Gasteiger partial charge < -0.3 is 55.1 Å². The van der Waals surface area contributed by atoms with E-state index in [0.717, 1.165) is 0 Å². The second-order valence-corrected chi connectivity index (χ2v) is 0. The number of hydrogen-bond donors (Lipinski definition) is 0. The second kappa shape index (κ2) is 68.7. The van der Waals surface area contributed by atoms with Crippen LogP contribution in [-0.2, 0) is 20.4 Å². The Morgan fingerprint density at radius 3 is 0.571 bits per heavy atom. The molecule has 0 amide bonds.